The minimum atomic E-state index is -3.84. The van der Waals surface area contributed by atoms with Crippen molar-refractivity contribution in [2.24, 2.45) is 0 Å². The van der Waals surface area contributed by atoms with Crippen LogP contribution >= 0.6 is 11.8 Å². The Bertz CT molecular complexity index is 1210. The highest BCUT2D eigenvalue weighted by Crippen LogP contribution is 2.37. The lowest BCUT2D eigenvalue weighted by molar-refractivity contribution is -0.388. The van der Waals surface area contributed by atoms with Gasteiger partial charge in [-0.3, -0.25) is 10.1 Å². The molecular weight excluding hydrogens is 456 g/mol. The molecule has 0 saturated carbocycles. The number of hydrogen-bond acceptors (Lipinski definition) is 9. The van der Waals surface area contributed by atoms with Crippen LogP contribution in [0.5, 0.6) is 5.75 Å². The number of tetrazole rings is 1. The van der Waals surface area contributed by atoms with E-state index >= 15 is 0 Å². The third-order valence-corrected chi connectivity index (χ3v) is 7.55. The average Bonchev–Trinajstić information content (AvgIpc) is 3.23. The van der Waals surface area contributed by atoms with Gasteiger partial charge in [0, 0.05) is 19.2 Å². The monoisotopic (exact) mass is 478 g/mol. The quantitative estimate of drug-likeness (QED) is 0.318. The van der Waals surface area contributed by atoms with Gasteiger partial charge in [0.15, 0.2) is 0 Å². The molecule has 13 heteroatoms. The molecule has 0 saturated heterocycles. The minimum absolute atomic E-state index is 0.140. The smallest absolute Gasteiger partial charge is 0.284 e. The van der Waals surface area contributed by atoms with E-state index in [0.717, 1.165) is 17.8 Å². The van der Waals surface area contributed by atoms with E-state index in [1.165, 1.54) is 21.1 Å². The van der Waals surface area contributed by atoms with Crippen molar-refractivity contribution in [1.82, 2.24) is 24.5 Å². The number of nitrogens with zero attached hydrogens (tertiary/aromatic N) is 6. The molecule has 0 fully saturated rings. The van der Waals surface area contributed by atoms with E-state index in [1.807, 2.05) is 13.0 Å². The molecule has 2 aromatic carbocycles. The van der Waals surface area contributed by atoms with Crippen molar-refractivity contribution in [3.63, 3.8) is 0 Å². The summed E-state index contributed by atoms with van der Waals surface area (Å²) >= 11 is 0.958. The first-order valence-electron chi connectivity index (χ1n) is 9.80. The number of nitro benzene ring substituents is 1. The van der Waals surface area contributed by atoms with Crippen LogP contribution in [-0.4, -0.2) is 57.5 Å². The highest BCUT2D eigenvalue weighted by atomic mass is 32.2. The minimum Gasteiger partial charge on any atom is -0.492 e. The highest BCUT2D eigenvalue weighted by Gasteiger charge is 2.27. The van der Waals surface area contributed by atoms with E-state index in [9.17, 15) is 18.5 Å². The Balaban J connectivity index is 2.02. The summed E-state index contributed by atoms with van der Waals surface area (Å²) < 4.78 is 33.8. The van der Waals surface area contributed by atoms with Gasteiger partial charge < -0.3 is 4.74 Å². The van der Waals surface area contributed by atoms with Gasteiger partial charge in [-0.1, -0.05) is 26.0 Å². The van der Waals surface area contributed by atoms with Crippen molar-refractivity contribution in [3.05, 3.63) is 52.6 Å². The van der Waals surface area contributed by atoms with Crippen molar-refractivity contribution in [3.8, 4) is 11.4 Å². The average molecular weight is 479 g/mol. The van der Waals surface area contributed by atoms with Crippen LogP contribution in [-0.2, 0) is 10.0 Å². The maximum absolute atomic E-state index is 12.8. The van der Waals surface area contributed by atoms with E-state index in [1.54, 1.807) is 32.0 Å². The van der Waals surface area contributed by atoms with Gasteiger partial charge in [-0.05, 0) is 53.4 Å². The fraction of sp³-hybridized carbons (Fsp3) is 0.316. The van der Waals surface area contributed by atoms with Crippen LogP contribution < -0.4 is 4.74 Å². The summed E-state index contributed by atoms with van der Waals surface area (Å²) in [4.78, 5) is 11.2. The van der Waals surface area contributed by atoms with Crippen molar-refractivity contribution in [2.75, 3.05) is 19.7 Å². The summed E-state index contributed by atoms with van der Waals surface area (Å²) in [6, 6.07) is 11.0. The molecule has 3 aromatic rings. The zero-order valence-corrected chi connectivity index (χ0v) is 19.3. The zero-order chi connectivity index (χ0) is 23.3. The van der Waals surface area contributed by atoms with Crippen molar-refractivity contribution in [2.45, 2.75) is 35.7 Å². The third kappa shape index (κ3) is 4.74. The van der Waals surface area contributed by atoms with Gasteiger partial charge >= 0.3 is 0 Å². The topological polar surface area (TPSA) is 133 Å². The van der Waals surface area contributed by atoms with E-state index in [4.69, 9.17) is 4.74 Å². The Morgan fingerprint density at radius 2 is 1.88 bits per heavy atom. The van der Waals surface area contributed by atoms with Crippen LogP contribution in [0.15, 0.2) is 57.4 Å². The van der Waals surface area contributed by atoms with Crippen LogP contribution in [0, 0.1) is 10.1 Å². The molecule has 0 atom stereocenters. The molecule has 0 unspecified atom stereocenters. The Hall–Kier alpha value is -3.03. The molecule has 0 N–H and O–H groups in total. The van der Waals surface area contributed by atoms with Crippen molar-refractivity contribution in [1.29, 1.82) is 0 Å². The number of sulfonamides is 1. The number of ether oxygens (including phenoxy) is 1. The van der Waals surface area contributed by atoms with Gasteiger partial charge in [0.25, 0.3) is 5.69 Å². The van der Waals surface area contributed by atoms with E-state index in [2.05, 4.69) is 15.5 Å². The van der Waals surface area contributed by atoms with Gasteiger partial charge in [-0.25, -0.2) is 8.42 Å². The predicted molar refractivity (Wildman–Crippen MR) is 118 cm³/mol. The Morgan fingerprint density at radius 3 is 2.53 bits per heavy atom. The van der Waals surface area contributed by atoms with E-state index in [0.29, 0.717) is 18.0 Å². The molecule has 0 amide bonds. The van der Waals surface area contributed by atoms with E-state index < -0.39 is 14.9 Å². The lowest BCUT2D eigenvalue weighted by Gasteiger charge is -2.18. The first-order chi connectivity index (χ1) is 15.3. The Morgan fingerprint density at radius 1 is 1.16 bits per heavy atom. The number of rotatable bonds is 10. The molecule has 32 heavy (non-hydrogen) atoms. The molecule has 0 radical (unpaired) electrons. The lowest BCUT2D eigenvalue weighted by Crippen LogP contribution is -2.30. The second-order valence-electron chi connectivity index (χ2n) is 6.35. The number of benzene rings is 2. The number of aromatic nitrogens is 4. The van der Waals surface area contributed by atoms with Crippen LogP contribution in [0.4, 0.5) is 5.69 Å². The van der Waals surface area contributed by atoms with Crippen LogP contribution in [0.1, 0.15) is 20.8 Å². The first kappa shape index (κ1) is 23.6. The van der Waals surface area contributed by atoms with Crippen LogP contribution in [0.3, 0.4) is 0 Å². The molecular formula is C19H22N6O5S2. The molecule has 11 nitrogen and oxygen atoms in total. The molecule has 170 valence electrons. The molecule has 0 spiro atoms. The highest BCUT2D eigenvalue weighted by molar-refractivity contribution is 7.99. The van der Waals surface area contributed by atoms with Gasteiger partial charge in [-0.2, -0.15) is 8.99 Å². The van der Waals surface area contributed by atoms with Crippen molar-refractivity contribution >= 4 is 27.5 Å². The summed E-state index contributed by atoms with van der Waals surface area (Å²) in [6.07, 6.45) is 0. The first-order valence-corrected chi connectivity index (χ1v) is 12.1. The second-order valence-corrected chi connectivity index (χ2v) is 9.30. The summed E-state index contributed by atoms with van der Waals surface area (Å²) in [5, 5.41) is 23.6. The maximum atomic E-state index is 12.8. The SMILES string of the molecule is CCOc1ccccc1-n1nnnc1Sc1ccc(S(=O)(=O)N(CC)CC)cc1[N+](=O)[O-]. The van der Waals surface area contributed by atoms with Crippen LogP contribution in [0.2, 0.25) is 0 Å². The summed E-state index contributed by atoms with van der Waals surface area (Å²) in [6.45, 7) is 6.23. The Kier molecular flexibility index (Phi) is 7.43. The zero-order valence-electron chi connectivity index (χ0n) is 17.7. The summed E-state index contributed by atoms with van der Waals surface area (Å²) in [5.74, 6) is 0.555. The normalized spacial score (nSPS) is 11.6. The lowest BCUT2D eigenvalue weighted by atomic mass is 10.3. The third-order valence-electron chi connectivity index (χ3n) is 4.51. The molecule has 3 rings (SSSR count). The number of hydrogen-bond donors (Lipinski definition) is 0. The summed E-state index contributed by atoms with van der Waals surface area (Å²) in [7, 11) is -3.84. The summed E-state index contributed by atoms with van der Waals surface area (Å²) in [5.41, 5.74) is 0.223. The number of nitro groups is 1. The standard InChI is InChI=1S/C19H22N6O5S2/c1-4-23(5-2)32(28,29)14-11-12-18(16(13-14)25(26)27)31-19-20-21-22-24(19)15-9-7-8-10-17(15)30-6-3/h7-13H,4-6H2,1-3H3. The fourth-order valence-electron chi connectivity index (χ4n) is 3.00. The van der Waals surface area contributed by atoms with Gasteiger partial charge in [-0.15, -0.1) is 5.10 Å². The van der Waals surface area contributed by atoms with Gasteiger partial charge in [0.2, 0.25) is 15.2 Å². The van der Waals surface area contributed by atoms with Crippen LogP contribution in [0.25, 0.3) is 5.69 Å². The molecule has 1 heterocycles. The van der Waals surface area contributed by atoms with E-state index in [-0.39, 0.29) is 33.7 Å². The maximum Gasteiger partial charge on any atom is 0.284 e. The molecule has 0 aliphatic carbocycles. The van der Waals surface area contributed by atoms with Gasteiger partial charge in [0.05, 0.1) is 21.3 Å². The molecule has 1 aromatic heterocycles. The largest absolute Gasteiger partial charge is 0.492 e. The molecule has 0 aliphatic heterocycles. The van der Waals surface area contributed by atoms with Gasteiger partial charge in [0.1, 0.15) is 11.4 Å². The fourth-order valence-corrected chi connectivity index (χ4v) is 5.35. The second kappa shape index (κ2) is 10.1. The predicted octanol–water partition coefficient (Wildman–Crippen LogP) is 3.15. The van der Waals surface area contributed by atoms with Crippen molar-refractivity contribution < 1.29 is 18.1 Å². The molecule has 0 bridgehead atoms. The number of para-hydroxylation sites is 2. The Labute approximate surface area is 189 Å². The molecule has 0 aliphatic rings.